The normalized spacial score (nSPS) is 11.0. The molecule has 13 heavy (non-hydrogen) atoms. The van der Waals surface area contributed by atoms with Gasteiger partial charge in [0.05, 0.1) is 5.76 Å². The predicted molar refractivity (Wildman–Crippen MR) is 62.2 cm³/mol. The second-order valence-electron chi connectivity index (χ2n) is 4.29. The summed E-state index contributed by atoms with van der Waals surface area (Å²) in [6.07, 6.45) is 6.41. The zero-order valence-electron chi connectivity index (χ0n) is 9.23. The molecule has 0 aliphatic heterocycles. The van der Waals surface area contributed by atoms with E-state index in [-0.39, 0.29) is 0 Å². The van der Waals surface area contributed by atoms with Crippen LogP contribution >= 0.6 is 0 Å². The molecule has 2 heteroatoms. The molecule has 0 spiro atoms. The summed E-state index contributed by atoms with van der Waals surface area (Å²) in [6.45, 7) is 14.2. The fourth-order valence-corrected chi connectivity index (χ4v) is 2.06. The molecular formula is C11H22OSi. The lowest BCUT2D eigenvalue weighted by molar-refractivity contribution is 0.396. The van der Waals surface area contributed by atoms with E-state index in [0.717, 1.165) is 25.0 Å². The van der Waals surface area contributed by atoms with Gasteiger partial charge in [-0.15, -0.1) is 6.58 Å². The average molecular weight is 198 g/mol. The topological polar surface area (TPSA) is 9.23 Å². The van der Waals surface area contributed by atoms with Crippen LogP contribution in [-0.2, 0) is 4.43 Å². The number of unbranched alkanes of at least 4 members (excludes halogenated alkanes) is 2. The van der Waals surface area contributed by atoms with Crippen molar-refractivity contribution in [1.29, 1.82) is 0 Å². The van der Waals surface area contributed by atoms with E-state index < -0.39 is 8.32 Å². The van der Waals surface area contributed by atoms with Crippen molar-refractivity contribution in [2.45, 2.75) is 45.3 Å². The molecule has 1 nitrogen and oxygen atoms in total. The maximum atomic E-state index is 5.74. The fraction of sp³-hybridized carbons (Fsp3) is 0.636. The predicted octanol–water partition coefficient (Wildman–Crippen LogP) is 4.10. The molecule has 0 aromatic rings. The van der Waals surface area contributed by atoms with Crippen LogP contribution in [-0.4, -0.2) is 8.32 Å². The highest BCUT2D eigenvalue weighted by atomic mass is 28.4. The van der Waals surface area contributed by atoms with Crippen LogP contribution in [0.15, 0.2) is 25.0 Å². The minimum Gasteiger partial charge on any atom is -0.548 e. The van der Waals surface area contributed by atoms with Crippen molar-refractivity contribution in [3.63, 3.8) is 0 Å². The Morgan fingerprint density at radius 2 is 1.92 bits per heavy atom. The summed E-state index contributed by atoms with van der Waals surface area (Å²) < 4.78 is 5.74. The molecule has 0 saturated carbocycles. The Labute approximate surface area is 83.6 Å². The quantitative estimate of drug-likeness (QED) is 0.259. The molecule has 76 valence electrons. The third-order valence-corrected chi connectivity index (χ3v) is 2.47. The van der Waals surface area contributed by atoms with Crippen LogP contribution < -0.4 is 0 Å². The summed E-state index contributed by atoms with van der Waals surface area (Å²) in [4.78, 5) is 0. The van der Waals surface area contributed by atoms with E-state index in [1.807, 2.05) is 6.08 Å². The lowest BCUT2D eigenvalue weighted by Crippen LogP contribution is -2.24. The smallest absolute Gasteiger partial charge is 0.241 e. The van der Waals surface area contributed by atoms with Crippen LogP contribution in [0.4, 0.5) is 0 Å². The molecule has 0 amide bonds. The summed E-state index contributed by atoms with van der Waals surface area (Å²) in [5.74, 6) is 0.961. The van der Waals surface area contributed by atoms with E-state index >= 15 is 0 Å². The van der Waals surface area contributed by atoms with Crippen molar-refractivity contribution in [2.75, 3.05) is 0 Å². The largest absolute Gasteiger partial charge is 0.548 e. The van der Waals surface area contributed by atoms with E-state index in [1.165, 1.54) is 6.42 Å². The first-order valence-corrected chi connectivity index (χ1v) is 8.34. The minimum atomic E-state index is -1.41. The first-order valence-electron chi connectivity index (χ1n) is 4.93. The third-order valence-electron chi connectivity index (χ3n) is 1.56. The first-order chi connectivity index (χ1) is 5.95. The number of hydrogen-bond acceptors (Lipinski definition) is 1. The second-order valence-corrected chi connectivity index (χ2v) is 8.72. The molecule has 0 fully saturated rings. The van der Waals surface area contributed by atoms with E-state index in [2.05, 4.69) is 32.8 Å². The number of rotatable bonds is 7. The second kappa shape index (κ2) is 6.03. The molecule has 0 atom stereocenters. The maximum Gasteiger partial charge on any atom is 0.241 e. The molecule has 0 unspecified atom stereocenters. The molecule has 0 rings (SSSR count). The monoisotopic (exact) mass is 198 g/mol. The molecule has 0 aliphatic rings. The van der Waals surface area contributed by atoms with Crippen molar-refractivity contribution in [3.8, 4) is 0 Å². The van der Waals surface area contributed by atoms with Crippen molar-refractivity contribution in [3.05, 3.63) is 25.0 Å². The van der Waals surface area contributed by atoms with Crippen LogP contribution in [0.3, 0.4) is 0 Å². The highest BCUT2D eigenvalue weighted by molar-refractivity contribution is 6.70. The fourth-order valence-electron chi connectivity index (χ4n) is 1.09. The minimum absolute atomic E-state index is 0.961. The molecule has 0 heterocycles. The van der Waals surface area contributed by atoms with Crippen LogP contribution in [0.2, 0.25) is 19.6 Å². The summed E-state index contributed by atoms with van der Waals surface area (Å²) >= 11 is 0. The van der Waals surface area contributed by atoms with Gasteiger partial charge in [-0.1, -0.05) is 12.7 Å². The lowest BCUT2D eigenvalue weighted by Gasteiger charge is -2.20. The molecule has 0 bridgehead atoms. The highest BCUT2D eigenvalue weighted by Gasteiger charge is 2.16. The van der Waals surface area contributed by atoms with Crippen LogP contribution in [0.5, 0.6) is 0 Å². The molecule has 0 N–H and O–H groups in total. The van der Waals surface area contributed by atoms with Gasteiger partial charge in [-0.05, 0) is 38.9 Å². The van der Waals surface area contributed by atoms with Crippen molar-refractivity contribution >= 4 is 8.32 Å². The first kappa shape index (κ1) is 12.5. The van der Waals surface area contributed by atoms with Crippen molar-refractivity contribution in [2.24, 2.45) is 0 Å². The lowest BCUT2D eigenvalue weighted by atomic mass is 10.2. The summed E-state index contributed by atoms with van der Waals surface area (Å²) in [7, 11) is -1.41. The molecule has 0 radical (unpaired) electrons. The number of hydrogen-bond donors (Lipinski definition) is 0. The summed E-state index contributed by atoms with van der Waals surface area (Å²) in [5, 5.41) is 0. The third kappa shape index (κ3) is 9.41. The van der Waals surface area contributed by atoms with Crippen LogP contribution in [0.1, 0.15) is 25.7 Å². The Hall–Kier alpha value is -0.503. The number of allylic oxidation sites excluding steroid dienone is 2. The van der Waals surface area contributed by atoms with E-state index in [1.54, 1.807) is 0 Å². The van der Waals surface area contributed by atoms with Gasteiger partial charge < -0.3 is 4.43 Å². The molecule has 0 saturated heterocycles. The Balaban J connectivity index is 3.47. The van der Waals surface area contributed by atoms with Gasteiger partial charge in [0.25, 0.3) is 0 Å². The van der Waals surface area contributed by atoms with Crippen LogP contribution in [0.25, 0.3) is 0 Å². The van der Waals surface area contributed by atoms with E-state index in [4.69, 9.17) is 4.43 Å². The average Bonchev–Trinajstić information content (AvgIpc) is 1.94. The van der Waals surface area contributed by atoms with Gasteiger partial charge in [0.15, 0.2) is 0 Å². The van der Waals surface area contributed by atoms with Gasteiger partial charge >= 0.3 is 0 Å². The zero-order chi connectivity index (χ0) is 10.3. The Morgan fingerprint density at radius 1 is 1.31 bits per heavy atom. The zero-order valence-corrected chi connectivity index (χ0v) is 10.2. The highest BCUT2D eigenvalue weighted by Crippen LogP contribution is 2.14. The van der Waals surface area contributed by atoms with Crippen molar-refractivity contribution in [1.82, 2.24) is 0 Å². The van der Waals surface area contributed by atoms with Gasteiger partial charge in [-0.2, -0.15) is 0 Å². The molecule has 0 aromatic carbocycles. The van der Waals surface area contributed by atoms with E-state index in [9.17, 15) is 0 Å². The van der Waals surface area contributed by atoms with Crippen molar-refractivity contribution < 1.29 is 4.43 Å². The molecular weight excluding hydrogens is 176 g/mol. The SMILES string of the molecule is C=CCCCCC(=C)O[Si](C)(C)C. The van der Waals surface area contributed by atoms with Gasteiger partial charge in [0.2, 0.25) is 8.32 Å². The van der Waals surface area contributed by atoms with E-state index in [0.29, 0.717) is 0 Å². The Bertz CT molecular complexity index is 167. The van der Waals surface area contributed by atoms with Crippen LogP contribution in [0, 0.1) is 0 Å². The summed E-state index contributed by atoms with van der Waals surface area (Å²) in [6, 6.07) is 0. The van der Waals surface area contributed by atoms with Gasteiger partial charge in [-0.3, -0.25) is 0 Å². The maximum absolute atomic E-state index is 5.74. The Kier molecular flexibility index (Phi) is 5.79. The van der Waals surface area contributed by atoms with Gasteiger partial charge in [0.1, 0.15) is 0 Å². The Morgan fingerprint density at radius 3 is 2.38 bits per heavy atom. The molecule has 0 aromatic heterocycles. The summed E-state index contributed by atoms with van der Waals surface area (Å²) in [5.41, 5.74) is 0. The standard InChI is InChI=1S/C11H22OSi/c1-6-7-8-9-10-11(2)12-13(3,4)5/h6H,1-2,7-10H2,3-5H3. The molecule has 0 aliphatic carbocycles. The van der Waals surface area contributed by atoms with Gasteiger partial charge in [-0.25, -0.2) is 0 Å². The van der Waals surface area contributed by atoms with Gasteiger partial charge in [0, 0.05) is 6.42 Å².